The van der Waals surface area contributed by atoms with E-state index in [1.165, 1.54) is 0 Å². The molecule has 0 spiro atoms. The minimum absolute atomic E-state index is 0.104. The Morgan fingerprint density at radius 3 is 2.58 bits per heavy atom. The summed E-state index contributed by atoms with van der Waals surface area (Å²) in [4.78, 5) is 22.4. The van der Waals surface area contributed by atoms with E-state index in [1.807, 2.05) is 13.8 Å². The molecule has 0 aliphatic rings. The van der Waals surface area contributed by atoms with Crippen LogP contribution in [0.5, 0.6) is 0 Å². The largest absolute Gasteiger partial charge is 0.481 e. The van der Waals surface area contributed by atoms with Gasteiger partial charge in [-0.15, -0.1) is 0 Å². The highest BCUT2D eigenvalue weighted by atomic mass is 35.5. The topological polar surface area (TPSA) is 84.2 Å². The van der Waals surface area contributed by atoms with E-state index in [0.29, 0.717) is 10.0 Å². The summed E-state index contributed by atoms with van der Waals surface area (Å²) in [6.45, 7) is 3.79. The third-order valence-corrected chi connectivity index (χ3v) is 4.33. The Labute approximate surface area is 149 Å². The first kappa shape index (κ1) is 18.3. The third kappa shape index (κ3) is 4.27. The monoisotopic (exact) mass is 369 g/mol. The van der Waals surface area contributed by atoms with Crippen molar-refractivity contribution in [3.63, 3.8) is 0 Å². The summed E-state index contributed by atoms with van der Waals surface area (Å²) in [6, 6.07) is 5.19. The minimum atomic E-state index is -0.949. The quantitative estimate of drug-likeness (QED) is 0.819. The molecule has 0 aliphatic carbocycles. The van der Waals surface area contributed by atoms with Crippen LogP contribution in [0.4, 0.5) is 0 Å². The van der Waals surface area contributed by atoms with Gasteiger partial charge < -0.3 is 10.4 Å². The number of aliphatic carboxylic acids is 1. The van der Waals surface area contributed by atoms with Crippen LogP contribution in [0, 0.1) is 13.8 Å². The first-order valence-corrected chi connectivity index (χ1v) is 8.04. The second-order valence-corrected chi connectivity index (χ2v) is 6.14. The molecule has 128 valence electrons. The van der Waals surface area contributed by atoms with Crippen molar-refractivity contribution >= 4 is 35.1 Å². The van der Waals surface area contributed by atoms with Gasteiger partial charge in [-0.3, -0.25) is 9.59 Å². The number of halogens is 2. The Balaban J connectivity index is 2.18. The average molecular weight is 370 g/mol. The Morgan fingerprint density at radius 1 is 1.25 bits per heavy atom. The van der Waals surface area contributed by atoms with Crippen molar-refractivity contribution in [2.45, 2.75) is 26.7 Å². The number of hydrogen-bond donors (Lipinski definition) is 2. The fourth-order valence-corrected chi connectivity index (χ4v) is 2.62. The van der Waals surface area contributed by atoms with E-state index >= 15 is 0 Å². The molecule has 0 radical (unpaired) electrons. The molecule has 24 heavy (non-hydrogen) atoms. The predicted molar refractivity (Wildman–Crippen MR) is 92.0 cm³/mol. The predicted octanol–water partition coefficient (Wildman–Crippen LogP) is 2.93. The number of carbonyl (C=O) groups excluding carboxylic acids is 1. The van der Waals surface area contributed by atoms with Crippen LogP contribution in [-0.4, -0.2) is 33.3 Å². The number of benzene rings is 1. The second kappa shape index (κ2) is 7.68. The highest BCUT2D eigenvalue weighted by Gasteiger charge is 2.16. The fraction of sp³-hybridized carbons (Fsp3) is 0.312. The molecule has 2 N–H and O–H groups in total. The van der Waals surface area contributed by atoms with E-state index in [-0.39, 0.29) is 25.3 Å². The number of carbonyl (C=O) groups is 2. The molecule has 8 heteroatoms. The number of carboxylic acids is 1. The van der Waals surface area contributed by atoms with Crippen LogP contribution < -0.4 is 5.32 Å². The Bertz CT molecular complexity index is 787. The van der Waals surface area contributed by atoms with Crippen molar-refractivity contribution in [1.82, 2.24) is 15.1 Å². The number of nitrogens with zero attached hydrogens (tertiary/aromatic N) is 2. The van der Waals surface area contributed by atoms with Gasteiger partial charge in [0.15, 0.2) is 0 Å². The van der Waals surface area contributed by atoms with Gasteiger partial charge in [0.1, 0.15) is 0 Å². The van der Waals surface area contributed by atoms with E-state index in [1.54, 1.807) is 22.9 Å². The molecule has 1 aromatic carbocycles. The highest BCUT2D eigenvalue weighted by molar-refractivity contribution is 6.42. The lowest BCUT2D eigenvalue weighted by atomic mass is 10.1. The standard InChI is InChI=1S/C16H17Cl2N3O3/c1-9-12(8-15(22)19-6-5-16(23)24)10(2)21(20-9)11-3-4-13(17)14(18)7-11/h3-4,7H,5-6,8H2,1-2H3,(H,19,22)(H,23,24). The van der Waals surface area contributed by atoms with Gasteiger partial charge >= 0.3 is 5.97 Å². The number of aryl methyl sites for hydroxylation is 1. The lowest BCUT2D eigenvalue weighted by Gasteiger charge is -2.07. The van der Waals surface area contributed by atoms with E-state index in [2.05, 4.69) is 10.4 Å². The van der Waals surface area contributed by atoms with Gasteiger partial charge in [0.05, 0.1) is 34.3 Å². The lowest BCUT2D eigenvalue weighted by Crippen LogP contribution is -2.27. The molecule has 0 saturated heterocycles. The Hall–Kier alpha value is -2.05. The van der Waals surface area contributed by atoms with Gasteiger partial charge in [0, 0.05) is 17.8 Å². The third-order valence-electron chi connectivity index (χ3n) is 3.59. The van der Waals surface area contributed by atoms with Crippen LogP contribution in [0.15, 0.2) is 18.2 Å². The van der Waals surface area contributed by atoms with Gasteiger partial charge in [-0.05, 0) is 32.0 Å². The zero-order valence-electron chi connectivity index (χ0n) is 13.3. The van der Waals surface area contributed by atoms with Gasteiger partial charge in [-0.2, -0.15) is 5.10 Å². The summed E-state index contributed by atoms with van der Waals surface area (Å²) >= 11 is 12.0. The zero-order valence-corrected chi connectivity index (χ0v) is 14.8. The summed E-state index contributed by atoms with van der Waals surface area (Å²) in [7, 11) is 0. The molecule has 0 saturated carbocycles. The molecule has 0 bridgehead atoms. The van der Waals surface area contributed by atoms with Crippen LogP contribution in [0.2, 0.25) is 10.0 Å². The summed E-state index contributed by atoms with van der Waals surface area (Å²) in [5.74, 6) is -1.19. The van der Waals surface area contributed by atoms with E-state index in [4.69, 9.17) is 28.3 Å². The molecule has 0 aliphatic heterocycles. The average Bonchev–Trinajstić information content (AvgIpc) is 2.78. The van der Waals surface area contributed by atoms with Gasteiger partial charge in [0.2, 0.25) is 5.91 Å². The van der Waals surface area contributed by atoms with Crippen LogP contribution >= 0.6 is 23.2 Å². The Morgan fingerprint density at radius 2 is 1.96 bits per heavy atom. The summed E-state index contributed by atoms with van der Waals surface area (Å²) in [6.07, 6.45) is 0.0326. The van der Waals surface area contributed by atoms with Crippen molar-refractivity contribution in [1.29, 1.82) is 0 Å². The number of nitrogens with one attached hydrogen (secondary N) is 1. The zero-order chi connectivity index (χ0) is 17.9. The molecule has 1 amide bonds. The van der Waals surface area contributed by atoms with Gasteiger partial charge in [-0.1, -0.05) is 23.2 Å². The molecule has 1 heterocycles. The maximum absolute atomic E-state index is 12.0. The van der Waals surface area contributed by atoms with Gasteiger partial charge in [0.25, 0.3) is 0 Å². The summed E-state index contributed by atoms with van der Waals surface area (Å²) < 4.78 is 1.71. The number of aromatic nitrogens is 2. The van der Waals surface area contributed by atoms with Crippen molar-refractivity contribution in [2.24, 2.45) is 0 Å². The fourth-order valence-electron chi connectivity index (χ4n) is 2.33. The molecule has 1 aromatic heterocycles. The number of hydrogen-bond acceptors (Lipinski definition) is 3. The number of rotatable bonds is 6. The first-order chi connectivity index (χ1) is 11.3. The smallest absolute Gasteiger partial charge is 0.305 e. The SMILES string of the molecule is Cc1nn(-c2ccc(Cl)c(Cl)c2)c(C)c1CC(=O)NCCC(=O)O. The maximum Gasteiger partial charge on any atom is 0.305 e. The molecule has 2 rings (SSSR count). The summed E-state index contributed by atoms with van der Waals surface area (Å²) in [5, 5.41) is 16.5. The second-order valence-electron chi connectivity index (χ2n) is 5.33. The number of amides is 1. The molecule has 0 atom stereocenters. The molecule has 2 aromatic rings. The number of carboxylic acid groups (broad SMARTS) is 1. The van der Waals surface area contributed by atoms with E-state index < -0.39 is 5.97 Å². The van der Waals surface area contributed by atoms with Crippen molar-refractivity contribution in [3.8, 4) is 5.69 Å². The van der Waals surface area contributed by atoms with Crippen molar-refractivity contribution in [3.05, 3.63) is 45.2 Å². The molecular formula is C16H17Cl2N3O3. The molecular weight excluding hydrogens is 353 g/mol. The highest BCUT2D eigenvalue weighted by Crippen LogP contribution is 2.26. The minimum Gasteiger partial charge on any atom is -0.481 e. The maximum atomic E-state index is 12.0. The van der Waals surface area contributed by atoms with E-state index in [0.717, 1.165) is 22.6 Å². The van der Waals surface area contributed by atoms with Crippen molar-refractivity contribution < 1.29 is 14.7 Å². The van der Waals surface area contributed by atoms with Crippen LogP contribution in [0.3, 0.4) is 0 Å². The molecule has 6 nitrogen and oxygen atoms in total. The van der Waals surface area contributed by atoms with Crippen molar-refractivity contribution in [2.75, 3.05) is 6.54 Å². The Kier molecular flexibility index (Phi) is 5.85. The summed E-state index contributed by atoms with van der Waals surface area (Å²) in [5.41, 5.74) is 3.10. The van der Waals surface area contributed by atoms with Crippen LogP contribution in [0.1, 0.15) is 23.4 Å². The van der Waals surface area contributed by atoms with Gasteiger partial charge in [-0.25, -0.2) is 4.68 Å². The lowest BCUT2D eigenvalue weighted by molar-refractivity contribution is -0.136. The molecule has 0 fully saturated rings. The normalized spacial score (nSPS) is 10.7. The van der Waals surface area contributed by atoms with E-state index in [9.17, 15) is 9.59 Å². The first-order valence-electron chi connectivity index (χ1n) is 7.28. The molecule has 0 unspecified atom stereocenters. The van der Waals surface area contributed by atoms with Crippen LogP contribution in [0.25, 0.3) is 5.69 Å². The van der Waals surface area contributed by atoms with Crippen LogP contribution in [-0.2, 0) is 16.0 Å².